The summed E-state index contributed by atoms with van der Waals surface area (Å²) in [6.07, 6.45) is -4.20. The highest BCUT2D eigenvalue weighted by Gasteiger charge is 2.44. The molecule has 1 saturated heterocycles. The highest BCUT2D eigenvalue weighted by atomic mass is 19.4. The molecule has 0 radical (unpaired) electrons. The summed E-state index contributed by atoms with van der Waals surface area (Å²) in [4.78, 5) is 1.46. The second-order valence-electron chi connectivity index (χ2n) is 4.58. The lowest BCUT2D eigenvalue weighted by molar-refractivity contribution is -0.188. The fraction of sp³-hybridized carbons (Fsp3) is 0.538. The molecule has 106 valence electrons. The number of ether oxygens (including phenoxy) is 1. The van der Waals surface area contributed by atoms with E-state index in [1.54, 1.807) is 25.3 Å². The van der Waals surface area contributed by atoms with Crippen LogP contribution in [0.25, 0.3) is 0 Å². The van der Waals surface area contributed by atoms with E-state index >= 15 is 0 Å². The van der Waals surface area contributed by atoms with Crippen molar-refractivity contribution in [2.45, 2.75) is 18.8 Å². The molecule has 0 spiro atoms. The number of alkyl halides is 3. The van der Waals surface area contributed by atoms with Crippen molar-refractivity contribution in [2.24, 2.45) is 0 Å². The zero-order chi connectivity index (χ0) is 13.9. The van der Waals surface area contributed by atoms with Crippen LogP contribution in [-0.4, -0.2) is 43.9 Å². The fourth-order valence-electron chi connectivity index (χ4n) is 2.26. The summed E-state index contributed by atoms with van der Waals surface area (Å²) >= 11 is 0. The van der Waals surface area contributed by atoms with E-state index in [0.29, 0.717) is 18.8 Å². The number of halogens is 3. The second kappa shape index (κ2) is 5.79. The van der Waals surface area contributed by atoms with Crippen LogP contribution in [0.5, 0.6) is 5.75 Å². The van der Waals surface area contributed by atoms with Crippen LogP contribution in [0.15, 0.2) is 24.3 Å². The Hall–Kier alpha value is -1.27. The molecule has 1 aliphatic rings. The molecule has 6 heteroatoms. The lowest BCUT2D eigenvalue weighted by Gasteiger charge is -2.37. The third kappa shape index (κ3) is 3.61. The first-order valence-electron chi connectivity index (χ1n) is 6.15. The lowest BCUT2D eigenvalue weighted by Crippen LogP contribution is -2.57. The van der Waals surface area contributed by atoms with Gasteiger partial charge in [-0.3, -0.25) is 4.90 Å². The molecule has 1 unspecified atom stereocenters. The molecule has 1 fully saturated rings. The van der Waals surface area contributed by atoms with Gasteiger partial charge in [-0.1, -0.05) is 12.1 Å². The monoisotopic (exact) mass is 274 g/mol. The van der Waals surface area contributed by atoms with E-state index in [1.165, 1.54) is 4.90 Å². The molecule has 0 bridgehead atoms. The number of rotatable bonds is 3. The molecule has 0 saturated carbocycles. The number of nitrogens with zero attached hydrogens (tertiary/aromatic N) is 1. The molecular weight excluding hydrogens is 257 g/mol. The van der Waals surface area contributed by atoms with Crippen molar-refractivity contribution in [3.05, 3.63) is 29.8 Å². The van der Waals surface area contributed by atoms with Crippen LogP contribution in [0.4, 0.5) is 13.2 Å². The highest BCUT2D eigenvalue weighted by molar-refractivity contribution is 5.28. The van der Waals surface area contributed by atoms with Gasteiger partial charge in [0.25, 0.3) is 0 Å². The van der Waals surface area contributed by atoms with Crippen LogP contribution in [0, 0.1) is 0 Å². The van der Waals surface area contributed by atoms with E-state index in [9.17, 15) is 13.2 Å². The van der Waals surface area contributed by atoms with E-state index in [0.717, 1.165) is 5.56 Å². The van der Waals surface area contributed by atoms with Crippen LogP contribution in [0.1, 0.15) is 5.56 Å². The van der Waals surface area contributed by atoms with E-state index in [4.69, 9.17) is 4.74 Å². The first-order valence-corrected chi connectivity index (χ1v) is 6.15. The molecule has 1 aromatic carbocycles. The first kappa shape index (κ1) is 14.1. The second-order valence-corrected chi connectivity index (χ2v) is 4.58. The number of piperazine rings is 1. The summed E-state index contributed by atoms with van der Waals surface area (Å²) in [6, 6.07) is 5.74. The molecule has 0 amide bonds. The summed E-state index contributed by atoms with van der Waals surface area (Å²) in [7, 11) is 1.54. The van der Waals surface area contributed by atoms with Crippen LogP contribution in [0.2, 0.25) is 0 Å². The Morgan fingerprint density at radius 3 is 2.89 bits per heavy atom. The maximum atomic E-state index is 12.9. The summed E-state index contributed by atoms with van der Waals surface area (Å²) in [5, 5.41) is 2.79. The van der Waals surface area contributed by atoms with Gasteiger partial charge in [-0.25, -0.2) is 0 Å². The standard InChI is InChI=1S/C13H17F3N2O/c1-19-11-4-2-3-10(7-11)9-18-6-5-17-8-12(18)13(14,15)16/h2-4,7,12,17H,5-6,8-9H2,1H3. The fourth-order valence-corrected chi connectivity index (χ4v) is 2.26. The smallest absolute Gasteiger partial charge is 0.405 e. The maximum Gasteiger partial charge on any atom is 0.405 e. The van der Waals surface area contributed by atoms with Gasteiger partial charge in [-0.05, 0) is 17.7 Å². The average molecular weight is 274 g/mol. The third-order valence-electron chi connectivity index (χ3n) is 3.25. The molecule has 0 aromatic heterocycles. The Morgan fingerprint density at radius 1 is 1.42 bits per heavy atom. The molecule has 1 aliphatic heterocycles. The SMILES string of the molecule is COc1cccc(CN2CCNCC2C(F)(F)F)c1. The van der Waals surface area contributed by atoms with Crippen LogP contribution >= 0.6 is 0 Å². The van der Waals surface area contributed by atoms with Crippen molar-refractivity contribution < 1.29 is 17.9 Å². The van der Waals surface area contributed by atoms with E-state index in [-0.39, 0.29) is 13.1 Å². The van der Waals surface area contributed by atoms with Crippen molar-refractivity contribution in [1.82, 2.24) is 10.2 Å². The number of methoxy groups -OCH3 is 1. The van der Waals surface area contributed by atoms with Crippen LogP contribution in [-0.2, 0) is 6.54 Å². The first-order chi connectivity index (χ1) is 9.00. The van der Waals surface area contributed by atoms with Crippen molar-refractivity contribution in [3.63, 3.8) is 0 Å². The maximum absolute atomic E-state index is 12.9. The van der Waals surface area contributed by atoms with Gasteiger partial charge in [0.15, 0.2) is 0 Å². The molecule has 1 aromatic rings. The van der Waals surface area contributed by atoms with Gasteiger partial charge in [0.2, 0.25) is 0 Å². The minimum Gasteiger partial charge on any atom is -0.497 e. The Balaban J connectivity index is 2.10. The average Bonchev–Trinajstić information content (AvgIpc) is 2.38. The van der Waals surface area contributed by atoms with Gasteiger partial charge in [0.1, 0.15) is 11.8 Å². The van der Waals surface area contributed by atoms with E-state index < -0.39 is 12.2 Å². The van der Waals surface area contributed by atoms with Crippen molar-refractivity contribution >= 4 is 0 Å². The number of benzene rings is 1. The van der Waals surface area contributed by atoms with Crippen LogP contribution in [0.3, 0.4) is 0 Å². The minimum absolute atomic E-state index is 0.0481. The van der Waals surface area contributed by atoms with Crippen molar-refractivity contribution in [1.29, 1.82) is 0 Å². The third-order valence-corrected chi connectivity index (χ3v) is 3.25. The van der Waals surface area contributed by atoms with E-state index in [1.807, 2.05) is 6.07 Å². The Bertz CT molecular complexity index is 423. The Kier molecular flexibility index (Phi) is 4.31. The summed E-state index contributed by atoms with van der Waals surface area (Å²) in [5.74, 6) is 0.663. The van der Waals surface area contributed by atoms with Gasteiger partial charge < -0.3 is 10.1 Å². The summed E-state index contributed by atoms with van der Waals surface area (Å²) < 4.78 is 43.9. The van der Waals surface area contributed by atoms with Gasteiger partial charge in [-0.15, -0.1) is 0 Å². The summed E-state index contributed by atoms with van der Waals surface area (Å²) in [6.45, 7) is 1.20. The van der Waals surface area contributed by atoms with Crippen LogP contribution < -0.4 is 10.1 Å². The Morgan fingerprint density at radius 2 is 2.21 bits per heavy atom. The van der Waals surface area contributed by atoms with Crippen molar-refractivity contribution in [2.75, 3.05) is 26.7 Å². The number of hydrogen-bond acceptors (Lipinski definition) is 3. The molecule has 1 N–H and O–H groups in total. The molecule has 2 rings (SSSR count). The quantitative estimate of drug-likeness (QED) is 0.912. The molecule has 1 heterocycles. The molecule has 3 nitrogen and oxygen atoms in total. The number of nitrogens with one attached hydrogen (secondary N) is 1. The Labute approximate surface area is 110 Å². The van der Waals surface area contributed by atoms with Gasteiger partial charge >= 0.3 is 6.18 Å². The minimum atomic E-state index is -4.20. The molecule has 0 aliphatic carbocycles. The normalized spacial score (nSPS) is 21.4. The predicted octanol–water partition coefficient (Wildman–Crippen LogP) is 2.03. The lowest BCUT2D eigenvalue weighted by atomic mass is 10.1. The number of hydrogen-bond donors (Lipinski definition) is 1. The predicted molar refractivity (Wildman–Crippen MR) is 66.1 cm³/mol. The van der Waals surface area contributed by atoms with Gasteiger partial charge in [0, 0.05) is 26.2 Å². The molecule has 1 atom stereocenters. The van der Waals surface area contributed by atoms with Gasteiger partial charge in [-0.2, -0.15) is 13.2 Å². The zero-order valence-electron chi connectivity index (χ0n) is 10.7. The van der Waals surface area contributed by atoms with Gasteiger partial charge in [0.05, 0.1) is 7.11 Å². The zero-order valence-corrected chi connectivity index (χ0v) is 10.7. The largest absolute Gasteiger partial charge is 0.497 e. The topological polar surface area (TPSA) is 24.5 Å². The highest BCUT2D eigenvalue weighted by Crippen LogP contribution is 2.27. The molecule has 19 heavy (non-hydrogen) atoms. The molecular formula is C13H17F3N2O. The van der Waals surface area contributed by atoms with Crippen molar-refractivity contribution in [3.8, 4) is 5.75 Å². The summed E-state index contributed by atoms with van der Waals surface area (Å²) in [5.41, 5.74) is 0.829. The van der Waals surface area contributed by atoms with E-state index in [2.05, 4.69) is 5.32 Å².